The summed E-state index contributed by atoms with van der Waals surface area (Å²) >= 11 is 11.9. The fourth-order valence-corrected chi connectivity index (χ4v) is 3.85. The smallest absolute Gasteiger partial charge is 0.432 e. The third-order valence-corrected chi connectivity index (χ3v) is 5.99. The van der Waals surface area contributed by atoms with Crippen LogP contribution >= 0.6 is 23.2 Å². The second-order valence-corrected chi connectivity index (χ2v) is 7.79. The van der Waals surface area contributed by atoms with E-state index < -0.39 is 23.3 Å². The van der Waals surface area contributed by atoms with Crippen LogP contribution < -0.4 is 9.64 Å². The number of anilines is 1. The number of hydrogen-bond donors (Lipinski definition) is 0. The van der Waals surface area contributed by atoms with Gasteiger partial charge in [-0.1, -0.05) is 11.6 Å². The molecular weight excluding hydrogens is 432 g/mol. The molecule has 6 nitrogen and oxygen atoms in total. The van der Waals surface area contributed by atoms with Crippen molar-refractivity contribution >= 4 is 40.5 Å². The van der Waals surface area contributed by atoms with Crippen LogP contribution in [0.4, 0.5) is 18.9 Å². The SMILES string of the molecule is COc1cc(N2CCN(C(=O)CN3N=C(C(F)(F)F)C(Cl)C3C)CC2)ccc1Cl. The van der Waals surface area contributed by atoms with Crippen LogP contribution in [0.1, 0.15) is 6.92 Å². The molecule has 0 aliphatic carbocycles. The number of hydrazone groups is 1. The highest BCUT2D eigenvalue weighted by Gasteiger charge is 2.48. The second-order valence-electron chi connectivity index (χ2n) is 6.91. The molecule has 1 saturated heterocycles. The molecule has 1 aromatic carbocycles. The van der Waals surface area contributed by atoms with Gasteiger partial charge in [0.2, 0.25) is 5.91 Å². The van der Waals surface area contributed by atoms with E-state index in [0.29, 0.717) is 37.0 Å². The summed E-state index contributed by atoms with van der Waals surface area (Å²) in [5, 5.41) is 3.90. The minimum atomic E-state index is -4.61. The zero-order chi connectivity index (χ0) is 21.3. The number of ether oxygens (including phenoxy) is 1. The van der Waals surface area contributed by atoms with Crippen LogP contribution in [-0.4, -0.2) is 79.0 Å². The minimum absolute atomic E-state index is 0.237. The average molecular weight is 453 g/mol. The lowest BCUT2D eigenvalue weighted by atomic mass is 10.1. The summed E-state index contributed by atoms with van der Waals surface area (Å²) in [6.07, 6.45) is -4.61. The number of piperazine rings is 1. The number of methoxy groups -OCH3 is 1. The van der Waals surface area contributed by atoms with Gasteiger partial charge in [-0.2, -0.15) is 18.3 Å². The van der Waals surface area contributed by atoms with Gasteiger partial charge in [0.1, 0.15) is 17.7 Å². The highest BCUT2D eigenvalue weighted by Crippen LogP contribution is 2.32. The fourth-order valence-electron chi connectivity index (χ4n) is 3.35. The van der Waals surface area contributed by atoms with E-state index in [1.807, 2.05) is 12.1 Å². The average Bonchev–Trinajstić information content (AvgIpc) is 2.97. The zero-order valence-corrected chi connectivity index (χ0v) is 17.4. The summed E-state index contributed by atoms with van der Waals surface area (Å²) in [4.78, 5) is 16.3. The molecule has 2 aliphatic rings. The van der Waals surface area contributed by atoms with Gasteiger partial charge >= 0.3 is 6.18 Å². The van der Waals surface area contributed by atoms with Gasteiger partial charge in [-0.05, 0) is 19.1 Å². The lowest BCUT2D eigenvalue weighted by Gasteiger charge is -2.37. The molecule has 11 heteroatoms. The first kappa shape index (κ1) is 21.8. The molecule has 29 heavy (non-hydrogen) atoms. The van der Waals surface area contributed by atoms with Crippen molar-refractivity contribution in [2.24, 2.45) is 5.10 Å². The van der Waals surface area contributed by atoms with Crippen molar-refractivity contribution in [3.63, 3.8) is 0 Å². The Morgan fingerprint density at radius 3 is 2.48 bits per heavy atom. The molecule has 1 amide bonds. The Bertz CT molecular complexity index is 798. The maximum atomic E-state index is 13.0. The number of carbonyl (C=O) groups is 1. The predicted octanol–water partition coefficient (Wildman–Crippen LogP) is 3.23. The molecule has 160 valence electrons. The summed E-state index contributed by atoms with van der Waals surface area (Å²) in [5.74, 6) is 0.292. The van der Waals surface area contributed by atoms with E-state index in [2.05, 4.69) is 10.0 Å². The first-order valence-corrected chi connectivity index (χ1v) is 9.86. The van der Waals surface area contributed by atoms with Crippen molar-refractivity contribution in [3.8, 4) is 5.75 Å². The summed E-state index contributed by atoms with van der Waals surface area (Å²) < 4.78 is 44.1. The highest BCUT2D eigenvalue weighted by molar-refractivity contribution is 6.34. The molecule has 2 aliphatic heterocycles. The fraction of sp³-hybridized carbons (Fsp3) is 0.556. The van der Waals surface area contributed by atoms with Crippen molar-refractivity contribution in [3.05, 3.63) is 23.2 Å². The Labute approximate surface area is 176 Å². The van der Waals surface area contributed by atoms with E-state index in [9.17, 15) is 18.0 Å². The van der Waals surface area contributed by atoms with Crippen LogP contribution in [0.25, 0.3) is 0 Å². The van der Waals surface area contributed by atoms with Crippen molar-refractivity contribution < 1.29 is 22.7 Å². The van der Waals surface area contributed by atoms with E-state index in [0.717, 1.165) is 10.7 Å². The number of hydrogen-bond acceptors (Lipinski definition) is 5. The van der Waals surface area contributed by atoms with Crippen LogP contribution in [0.15, 0.2) is 23.3 Å². The molecule has 0 bridgehead atoms. The maximum Gasteiger partial charge on any atom is 0.432 e. The van der Waals surface area contributed by atoms with E-state index >= 15 is 0 Å². The van der Waals surface area contributed by atoms with Crippen LogP contribution in [0.2, 0.25) is 5.02 Å². The second kappa shape index (κ2) is 8.47. The molecule has 0 spiro atoms. The molecule has 1 fully saturated rings. The summed E-state index contributed by atoms with van der Waals surface area (Å²) in [6.45, 7) is 3.36. The number of carbonyl (C=O) groups excluding carboxylic acids is 1. The van der Waals surface area contributed by atoms with Gasteiger partial charge in [0.15, 0.2) is 5.71 Å². The number of halogens is 5. The first-order chi connectivity index (χ1) is 13.6. The van der Waals surface area contributed by atoms with Gasteiger partial charge in [-0.3, -0.25) is 9.80 Å². The molecule has 0 saturated carbocycles. The molecular formula is C18H21Cl2F3N4O2. The molecule has 0 aromatic heterocycles. The molecule has 2 unspecified atom stereocenters. The van der Waals surface area contributed by atoms with Crippen LogP contribution in [-0.2, 0) is 4.79 Å². The Morgan fingerprint density at radius 2 is 1.93 bits per heavy atom. The number of rotatable bonds is 4. The van der Waals surface area contributed by atoms with E-state index in [4.69, 9.17) is 27.9 Å². The molecule has 2 heterocycles. The Kier molecular flexibility index (Phi) is 6.38. The zero-order valence-electron chi connectivity index (χ0n) is 15.9. The van der Waals surface area contributed by atoms with Crippen LogP contribution in [0.3, 0.4) is 0 Å². The normalized spacial score (nSPS) is 22.7. The summed E-state index contributed by atoms with van der Waals surface area (Å²) in [7, 11) is 1.54. The van der Waals surface area contributed by atoms with Gasteiger partial charge in [0, 0.05) is 37.9 Å². The molecule has 0 N–H and O–H groups in total. The Morgan fingerprint density at radius 1 is 1.28 bits per heavy atom. The number of alkyl halides is 4. The van der Waals surface area contributed by atoms with Gasteiger partial charge in [0.25, 0.3) is 0 Å². The van der Waals surface area contributed by atoms with Crippen LogP contribution in [0, 0.1) is 0 Å². The predicted molar refractivity (Wildman–Crippen MR) is 106 cm³/mol. The quantitative estimate of drug-likeness (QED) is 0.658. The van der Waals surface area contributed by atoms with Gasteiger partial charge in [0.05, 0.1) is 18.2 Å². The van der Waals surface area contributed by atoms with E-state index in [-0.39, 0.29) is 12.5 Å². The number of nitrogens with zero attached hydrogens (tertiary/aromatic N) is 4. The van der Waals surface area contributed by atoms with Crippen LogP contribution in [0.5, 0.6) is 5.75 Å². The van der Waals surface area contributed by atoms with Gasteiger partial charge in [-0.15, -0.1) is 11.6 Å². The Hall–Kier alpha value is -1.87. The van der Waals surface area contributed by atoms with Gasteiger partial charge in [-0.25, -0.2) is 0 Å². The largest absolute Gasteiger partial charge is 0.495 e. The minimum Gasteiger partial charge on any atom is -0.495 e. The van der Waals surface area contributed by atoms with Crippen molar-refractivity contribution in [2.45, 2.75) is 24.5 Å². The highest BCUT2D eigenvalue weighted by atomic mass is 35.5. The topological polar surface area (TPSA) is 48.4 Å². The molecule has 1 aromatic rings. The van der Waals surface area contributed by atoms with Crippen molar-refractivity contribution in [1.29, 1.82) is 0 Å². The summed E-state index contributed by atoms with van der Waals surface area (Å²) in [5.41, 5.74) is -0.128. The van der Waals surface area contributed by atoms with Crippen molar-refractivity contribution in [2.75, 3.05) is 44.7 Å². The third kappa shape index (κ3) is 4.66. The first-order valence-electron chi connectivity index (χ1n) is 9.04. The Balaban J connectivity index is 1.59. The number of benzene rings is 1. The molecule has 0 radical (unpaired) electrons. The summed E-state index contributed by atoms with van der Waals surface area (Å²) in [6, 6.07) is 4.75. The molecule has 3 rings (SSSR count). The lowest BCUT2D eigenvalue weighted by molar-refractivity contribution is -0.133. The lowest BCUT2D eigenvalue weighted by Crippen LogP contribution is -2.51. The number of amides is 1. The van der Waals surface area contributed by atoms with E-state index in [1.165, 1.54) is 6.92 Å². The standard InChI is InChI=1S/C18H21Cl2F3N4O2/c1-11-16(20)17(18(21,22)23)24-27(11)10-15(28)26-7-5-25(6-8-26)12-3-4-13(19)14(9-12)29-2/h3-4,9,11,16H,5-8,10H2,1-2H3. The molecule has 2 atom stereocenters. The van der Waals surface area contributed by atoms with E-state index in [1.54, 1.807) is 18.1 Å². The third-order valence-electron chi connectivity index (χ3n) is 5.11. The van der Waals surface area contributed by atoms with Crippen molar-refractivity contribution in [1.82, 2.24) is 9.91 Å². The monoisotopic (exact) mass is 452 g/mol. The van der Waals surface area contributed by atoms with Gasteiger partial charge < -0.3 is 14.5 Å². The maximum absolute atomic E-state index is 13.0.